The Morgan fingerprint density at radius 1 is 1.29 bits per heavy atom. The molecule has 0 saturated heterocycles. The first-order chi connectivity index (χ1) is 11.5. The molecule has 8 heteroatoms. The van der Waals surface area contributed by atoms with Gasteiger partial charge in [-0.05, 0) is 24.6 Å². The van der Waals surface area contributed by atoms with Crippen molar-refractivity contribution in [3.63, 3.8) is 0 Å². The summed E-state index contributed by atoms with van der Waals surface area (Å²) in [5.74, 6) is -0.803. The Balaban J connectivity index is 1.93. The number of amides is 1. The molecule has 0 aliphatic carbocycles. The van der Waals surface area contributed by atoms with Crippen LogP contribution in [0.2, 0.25) is 0 Å². The maximum Gasteiger partial charge on any atom is 0.278 e. The number of aryl methyl sites for hydroxylation is 1. The standard InChI is InChI=1S/C16H16N4O4/c1-11-3-2-4-13(7-11)17-10-16(22)19-18-9-12-8-14(21)5-6-15(12)20(23)24/h2-9,17,21H,10H2,1H3,(H,19,22)/p-1/b18-9-. The molecule has 0 fully saturated rings. The van der Waals surface area contributed by atoms with Gasteiger partial charge in [-0.25, -0.2) is 5.43 Å². The Bertz CT molecular complexity index is 789. The van der Waals surface area contributed by atoms with Crippen molar-refractivity contribution in [2.75, 3.05) is 11.9 Å². The molecule has 0 spiro atoms. The molecule has 0 aliphatic heterocycles. The summed E-state index contributed by atoms with van der Waals surface area (Å²) >= 11 is 0. The van der Waals surface area contributed by atoms with Crippen molar-refractivity contribution in [1.82, 2.24) is 5.43 Å². The summed E-state index contributed by atoms with van der Waals surface area (Å²) in [5.41, 5.74) is 3.87. The van der Waals surface area contributed by atoms with Crippen molar-refractivity contribution < 1.29 is 14.8 Å². The van der Waals surface area contributed by atoms with Crippen LogP contribution in [0, 0.1) is 17.0 Å². The molecular formula is C16H15N4O4-. The van der Waals surface area contributed by atoms with Gasteiger partial charge in [0.15, 0.2) is 0 Å². The molecule has 24 heavy (non-hydrogen) atoms. The molecule has 0 heterocycles. The predicted octanol–water partition coefficient (Wildman–Crippen LogP) is 1.54. The second-order valence-corrected chi connectivity index (χ2v) is 4.99. The molecular weight excluding hydrogens is 312 g/mol. The lowest BCUT2D eigenvalue weighted by molar-refractivity contribution is -0.385. The van der Waals surface area contributed by atoms with E-state index in [1.807, 2.05) is 31.2 Å². The number of nitrogens with one attached hydrogen (secondary N) is 2. The third kappa shape index (κ3) is 4.80. The van der Waals surface area contributed by atoms with Crippen LogP contribution in [-0.2, 0) is 4.79 Å². The monoisotopic (exact) mass is 327 g/mol. The number of rotatable bonds is 6. The third-order valence-corrected chi connectivity index (χ3v) is 3.06. The van der Waals surface area contributed by atoms with Gasteiger partial charge in [0.05, 0.1) is 23.2 Å². The molecule has 0 aromatic heterocycles. The van der Waals surface area contributed by atoms with E-state index in [-0.39, 0.29) is 23.5 Å². The van der Waals surface area contributed by atoms with E-state index in [0.29, 0.717) is 0 Å². The van der Waals surface area contributed by atoms with Gasteiger partial charge >= 0.3 is 0 Å². The summed E-state index contributed by atoms with van der Waals surface area (Å²) in [6, 6.07) is 10.8. The smallest absolute Gasteiger partial charge is 0.278 e. The molecule has 1 amide bonds. The van der Waals surface area contributed by atoms with E-state index in [1.165, 1.54) is 0 Å². The summed E-state index contributed by atoms with van der Waals surface area (Å²) in [7, 11) is 0. The number of nitro benzene ring substituents is 1. The number of benzene rings is 2. The van der Waals surface area contributed by atoms with Crippen LogP contribution in [0.5, 0.6) is 5.75 Å². The van der Waals surface area contributed by atoms with Gasteiger partial charge in [0.1, 0.15) is 0 Å². The first-order valence-electron chi connectivity index (χ1n) is 7.03. The molecule has 2 aromatic rings. The van der Waals surface area contributed by atoms with Crippen LogP contribution in [0.15, 0.2) is 47.6 Å². The van der Waals surface area contributed by atoms with Crippen LogP contribution in [0.1, 0.15) is 11.1 Å². The van der Waals surface area contributed by atoms with Crippen molar-refractivity contribution in [1.29, 1.82) is 0 Å². The summed E-state index contributed by atoms with van der Waals surface area (Å²) in [5, 5.41) is 28.7. The minimum atomic E-state index is -0.623. The van der Waals surface area contributed by atoms with E-state index in [0.717, 1.165) is 35.7 Å². The number of nitro groups is 1. The molecule has 0 aliphatic rings. The average molecular weight is 327 g/mol. The van der Waals surface area contributed by atoms with Crippen molar-refractivity contribution in [3.8, 4) is 5.75 Å². The molecule has 0 unspecified atom stereocenters. The topological polar surface area (TPSA) is 120 Å². The number of hydrazone groups is 1. The molecule has 2 N–H and O–H groups in total. The Morgan fingerprint density at radius 3 is 2.79 bits per heavy atom. The van der Waals surface area contributed by atoms with Gasteiger partial charge in [-0.15, -0.1) is 5.75 Å². The number of nitrogens with zero attached hydrogens (tertiary/aromatic N) is 2. The van der Waals surface area contributed by atoms with Crippen molar-refractivity contribution >= 4 is 23.5 Å². The quantitative estimate of drug-likeness (QED) is 0.474. The first kappa shape index (κ1) is 16.9. The Morgan fingerprint density at radius 2 is 2.08 bits per heavy atom. The van der Waals surface area contributed by atoms with Gasteiger partial charge in [-0.3, -0.25) is 14.9 Å². The van der Waals surface area contributed by atoms with E-state index < -0.39 is 10.8 Å². The van der Waals surface area contributed by atoms with E-state index in [4.69, 9.17) is 0 Å². The Hall–Kier alpha value is -3.42. The highest BCUT2D eigenvalue weighted by atomic mass is 16.6. The second-order valence-electron chi connectivity index (χ2n) is 4.99. The van der Waals surface area contributed by atoms with E-state index in [9.17, 15) is 20.0 Å². The largest absolute Gasteiger partial charge is 0.872 e. The van der Waals surface area contributed by atoms with Crippen LogP contribution < -0.4 is 15.8 Å². The molecule has 0 saturated carbocycles. The zero-order chi connectivity index (χ0) is 17.5. The van der Waals surface area contributed by atoms with Crippen LogP contribution in [0.4, 0.5) is 11.4 Å². The van der Waals surface area contributed by atoms with E-state index in [2.05, 4.69) is 15.8 Å². The number of carbonyl (C=O) groups excluding carboxylic acids is 1. The first-order valence-corrected chi connectivity index (χ1v) is 7.03. The predicted molar refractivity (Wildman–Crippen MR) is 87.9 cm³/mol. The molecule has 0 bridgehead atoms. The molecule has 8 nitrogen and oxygen atoms in total. The summed E-state index contributed by atoms with van der Waals surface area (Å²) in [6.07, 6.45) is 1.07. The number of hydrogen-bond acceptors (Lipinski definition) is 6. The van der Waals surface area contributed by atoms with Crippen LogP contribution >= 0.6 is 0 Å². The molecule has 2 aromatic carbocycles. The van der Waals surface area contributed by atoms with Crippen LogP contribution in [0.25, 0.3) is 0 Å². The average Bonchev–Trinajstić information content (AvgIpc) is 2.53. The van der Waals surface area contributed by atoms with Gasteiger partial charge in [0, 0.05) is 11.8 Å². The fourth-order valence-corrected chi connectivity index (χ4v) is 1.95. The summed E-state index contributed by atoms with van der Waals surface area (Å²) < 4.78 is 0. The Kier molecular flexibility index (Phi) is 5.45. The maximum atomic E-state index is 11.7. The van der Waals surface area contributed by atoms with Crippen LogP contribution in [0.3, 0.4) is 0 Å². The Labute approximate surface area is 138 Å². The lowest BCUT2D eigenvalue weighted by Crippen LogP contribution is -2.25. The van der Waals surface area contributed by atoms with Gasteiger partial charge in [0.2, 0.25) is 0 Å². The lowest BCUT2D eigenvalue weighted by atomic mass is 10.2. The molecule has 2 rings (SSSR count). The molecule has 0 radical (unpaired) electrons. The highest BCUT2D eigenvalue weighted by Gasteiger charge is 2.10. The molecule has 0 atom stereocenters. The van der Waals surface area contributed by atoms with Gasteiger partial charge < -0.3 is 10.4 Å². The highest BCUT2D eigenvalue weighted by Crippen LogP contribution is 2.19. The zero-order valence-electron chi connectivity index (χ0n) is 12.9. The molecule has 124 valence electrons. The van der Waals surface area contributed by atoms with Gasteiger partial charge in [-0.2, -0.15) is 5.10 Å². The normalized spacial score (nSPS) is 10.5. The van der Waals surface area contributed by atoms with Crippen molar-refractivity contribution in [2.24, 2.45) is 5.10 Å². The third-order valence-electron chi connectivity index (χ3n) is 3.06. The van der Waals surface area contributed by atoms with E-state index in [1.54, 1.807) is 0 Å². The summed E-state index contributed by atoms with van der Waals surface area (Å²) in [6.45, 7) is 1.93. The summed E-state index contributed by atoms with van der Waals surface area (Å²) in [4.78, 5) is 21.9. The van der Waals surface area contributed by atoms with Crippen molar-refractivity contribution in [3.05, 3.63) is 63.7 Å². The second kappa shape index (κ2) is 7.73. The maximum absolute atomic E-state index is 11.7. The minimum absolute atomic E-state index is 0.00944. The number of hydrogen-bond donors (Lipinski definition) is 2. The fraction of sp³-hybridized carbons (Fsp3) is 0.125. The van der Waals surface area contributed by atoms with Crippen LogP contribution in [-0.4, -0.2) is 23.6 Å². The van der Waals surface area contributed by atoms with Gasteiger partial charge in [-0.1, -0.05) is 24.3 Å². The fourth-order valence-electron chi connectivity index (χ4n) is 1.95. The highest BCUT2D eigenvalue weighted by molar-refractivity contribution is 5.87. The van der Waals surface area contributed by atoms with E-state index >= 15 is 0 Å². The number of carbonyl (C=O) groups is 1. The SMILES string of the molecule is Cc1cccc(NCC(=O)N/N=C\c2cc([O-])ccc2[N+](=O)[O-])c1. The van der Waals surface area contributed by atoms with Crippen molar-refractivity contribution in [2.45, 2.75) is 6.92 Å². The lowest BCUT2D eigenvalue weighted by Gasteiger charge is -2.07. The minimum Gasteiger partial charge on any atom is -0.872 e. The zero-order valence-corrected chi connectivity index (χ0v) is 12.9. The number of anilines is 1. The van der Waals surface area contributed by atoms with Gasteiger partial charge in [0.25, 0.3) is 11.6 Å².